The van der Waals surface area contributed by atoms with Gasteiger partial charge in [0.05, 0.1) is 5.75 Å². The van der Waals surface area contributed by atoms with Crippen molar-refractivity contribution in [1.29, 1.82) is 0 Å². The van der Waals surface area contributed by atoms with Gasteiger partial charge >= 0.3 is 0 Å². The van der Waals surface area contributed by atoms with Crippen molar-refractivity contribution in [2.75, 3.05) is 18.8 Å². The van der Waals surface area contributed by atoms with Gasteiger partial charge in [0.15, 0.2) is 0 Å². The third-order valence-corrected chi connectivity index (χ3v) is 5.94. The van der Waals surface area contributed by atoms with Crippen molar-refractivity contribution in [1.82, 2.24) is 4.31 Å². The highest BCUT2D eigenvalue weighted by molar-refractivity contribution is 7.89. The lowest BCUT2D eigenvalue weighted by atomic mass is 10.4. The van der Waals surface area contributed by atoms with Gasteiger partial charge < -0.3 is 4.42 Å². The maximum absolute atomic E-state index is 12.2. The predicted molar refractivity (Wildman–Crippen MR) is 69.1 cm³/mol. The second-order valence-electron chi connectivity index (χ2n) is 4.20. The van der Waals surface area contributed by atoms with Crippen LogP contribution in [0.2, 0.25) is 0 Å². The molecular weight excluding hydrogens is 274 g/mol. The molecule has 2 rings (SSSR count). The average Bonchev–Trinajstić information content (AvgIpc) is 2.99. The summed E-state index contributed by atoms with van der Waals surface area (Å²) in [7, 11) is -4.49. The van der Waals surface area contributed by atoms with Crippen molar-refractivity contribution >= 4 is 20.8 Å². The Morgan fingerprint density at radius 3 is 2.61 bits per heavy atom. The first-order chi connectivity index (χ1) is 8.54. The van der Waals surface area contributed by atoms with Gasteiger partial charge in [0, 0.05) is 29.6 Å². The SMILES string of the molecule is CCS(=O)Cc1ccc(S(=O)(=O)N2CCCC2)o1. The van der Waals surface area contributed by atoms with Gasteiger partial charge in [0.25, 0.3) is 10.0 Å². The molecule has 1 aliphatic rings. The van der Waals surface area contributed by atoms with Gasteiger partial charge in [-0.2, -0.15) is 4.31 Å². The highest BCUT2D eigenvalue weighted by Crippen LogP contribution is 2.23. The normalized spacial score (nSPS) is 19.2. The zero-order valence-corrected chi connectivity index (χ0v) is 11.9. The van der Waals surface area contributed by atoms with Crippen LogP contribution < -0.4 is 0 Å². The zero-order valence-electron chi connectivity index (χ0n) is 10.3. The fraction of sp³-hybridized carbons (Fsp3) is 0.636. The maximum Gasteiger partial charge on any atom is 0.276 e. The van der Waals surface area contributed by atoms with E-state index in [4.69, 9.17) is 4.42 Å². The Labute approximate surface area is 110 Å². The molecule has 1 saturated heterocycles. The molecule has 1 aromatic rings. The largest absolute Gasteiger partial charge is 0.447 e. The van der Waals surface area contributed by atoms with Crippen LogP contribution >= 0.6 is 0 Å². The second-order valence-corrected chi connectivity index (χ2v) is 7.82. The van der Waals surface area contributed by atoms with E-state index in [0.717, 1.165) is 12.8 Å². The first kappa shape index (κ1) is 13.8. The molecule has 5 nitrogen and oxygen atoms in total. The number of nitrogens with zero attached hydrogens (tertiary/aromatic N) is 1. The Balaban J connectivity index is 2.16. The first-order valence-electron chi connectivity index (χ1n) is 5.98. The van der Waals surface area contributed by atoms with Crippen LogP contribution in [0.4, 0.5) is 0 Å². The standard InChI is InChI=1S/C11H17NO4S2/c1-2-17(13)9-10-5-6-11(16-10)18(14,15)12-7-3-4-8-12/h5-6H,2-4,7-9H2,1H3. The van der Waals surface area contributed by atoms with E-state index in [9.17, 15) is 12.6 Å². The van der Waals surface area contributed by atoms with E-state index >= 15 is 0 Å². The summed E-state index contributed by atoms with van der Waals surface area (Å²) in [6.07, 6.45) is 1.79. The molecule has 0 bridgehead atoms. The Morgan fingerprint density at radius 1 is 1.33 bits per heavy atom. The summed E-state index contributed by atoms with van der Waals surface area (Å²) in [4.78, 5) is 0. The van der Waals surface area contributed by atoms with Gasteiger partial charge in [-0.1, -0.05) is 6.92 Å². The van der Waals surface area contributed by atoms with Crippen molar-refractivity contribution in [3.8, 4) is 0 Å². The van der Waals surface area contributed by atoms with E-state index < -0.39 is 20.8 Å². The van der Waals surface area contributed by atoms with Crippen LogP contribution in [-0.4, -0.2) is 35.8 Å². The number of hydrogen-bond acceptors (Lipinski definition) is 4. The summed E-state index contributed by atoms with van der Waals surface area (Å²) >= 11 is 0. The molecular formula is C11H17NO4S2. The van der Waals surface area contributed by atoms with Gasteiger partial charge in [-0.15, -0.1) is 0 Å². The summed E-state index contributed by atoms with van der Waals surface area (Å²) in [5, 5.41) is -0.0347. The quantitative estimate of drug-likeness (QED) is 0.821. The first-order valence-corrected chi connectivity index (χ1v) is 8.90. The van der Waals surface area contributed by atoms with Crippen molar-refractivity contribution in [3.63, 3.8) is 0 Å². The number of furan rings is 1. The van der Waals surface area contributed by atoms with E-state index in [1.54, 1.807) is 6.07 Å². The van der Waals surface area contributed by atoms with Crippen molar-refractivity contribution < 1.29 is 17.0 Å². The Hall–Kier alpha value is -0.660. The van der Waals surface area contributed by atoms with Gasteiger partial charge in [0.2, 0.25) is 5.09 Å². The fourth-order valence-corrected chi connectivity index (χ4v) is 4.01. The van der Waals surface area contributed by atoms with Crippen LogP contribution in [0.3, 0.4) is 0 Å². The van der Waals surface area contributed by atoms with Crippen LogP contribution in [0.15, 0.2) is 21.6 Å². The molecule has 18 heavy (non-hydrogen) atoms. The Bertz CT molecular complexity index is 529. The van der Waals surface area contributed by atoms with Crippen LogP contribution in [0.1, 0.15) is 25.5 Å². The van der Waals surface area contributed by atoms with E-state index in [1.807, 2.05) is 6.92 Å². The molecule has 1 unspecified atom stereocenters. The summed E-state index contributed by atoms with van der Waals surface area (Å²) < 4.78 is 42.5. The molecule has 0 aromatic carbocycles. The Kier molecular flexibility index (Phi) is 4.24. The third kappa shape index (κ3) is 2.84. The molecule has 2 heterocycles. The minimum atomic E-state index is -3.49. The fourth-order valence-electron chi connectivity index (χ4n) is 1.89. The number of rotatable bonds is 5. The van der Waals surface area contributed by atoms with Gasteiger partial charge in [-0.25, -0.2) is 8.42 Å². The molecule has 7 heteroatoms. The minimum absolute atomic E-state index is 0.0347. The van der Waals surface area contributed by atoms with E-state index in [1.165, 1.54) is 10.4 Å². The van der Waals surface area contributed by atoms with Crippen LogP contribution in [0.5, 0.6) is 0 Å². The number of sulfonamides is 1. The zero-order chi connectivity index (χ0) is 13.2. The monoisotopic (exact) mass is 291 g/mol. The van der Waals surface area contributed by atoms with Crippen LogP contribution in [0, 0.1) is 0 Å². The molecule has 0 radical (unpaired) electrons. The summed E-state index contributed by atoms with van der Waals surface area (Å²) in [5.74, 6) is 1.27. The van der Waals surface area contributed by atoms with E-state index in [0.29, 0.717) is 24.6 Å². The molecule has 0 saturated carbocycles. The molecule has 102 valence electrons. The van der Waals surface area contributed by atoms with Crippen LogP contribution in [0.25, 0.3) is 0 Å². The highest BCUT2D eigenvalue weighted by atomic mass is 32.2. The highest BCUT2D eigenvalue weighted by Gasteiger charge is 2.29. The topological polar surface area (TPSA) is 67.6 Å². The summed E-state index contributed by atoms with van der Waals surface area (Å²) in [5.41, 5.74) is 0. The van der Waals surface area contributed by atoms with Crippen molar-refractivity contribution in [2.45, 2.75) is 30.6 Å². The lowest BCUT2D eigenvalue weighted by Gasteiger charge is -2.12. The molecule has 0 spiro atoms. The van der Waals surface area contributed by atoms with Gasteiger partial charge in [-0.05, 0) is 25.0 Å². The smallest absolute Gasteiger partial charge is 0.276 e. The third-order valence-electron chi connectivity index (χ3n) is 2.92. The second kappa shape index (κ2) is 5.54. The lowest BCUT2D eigenvalue weighted by Crippen LogP contribution is -2.27. The molecule has 1 atom stereocenters. The molecule has 1 aliphatic heterocycles. The van der Waals surface area contributed by atoms with Crippen LogP contribution in [-0.2, 0) is 26.6 Å². The lowest BCUT2D eigenvalue weighted by molar-refractivity contribution is 0.396. The molecule has 0 N–H and O–H groups in total. The number of hydrogen-bond donors (Lipinski definition) is 0. The summed E-state index contributed by atoms with van der Waals surface area (Å²) in [6, 6.07) is 3.05. The molecule has 0 aliphatic carbocycles. The predicted octanol–water partition coefficient (Wildman–Crippen LogP) is 1.33. The van der Waals surface area contributed by atoms with E-state index in [-0.39, 0.29) is 10.8 Å². The molecule has 0 amide bonds. The van der Waals surface area contributed by atoms with Crippen molar-refractivity contribution in [2.24, 2.45) is 0 Å². The molecule has 1 fully saturated rings. The van der Waals surface area contributed by atoms with Gasteiger partial charge in [0.1, 0.15) is 5.76 Å². The Morgan fingerprint density at radius 2 is 2.00 bits per heavy atom. The summed E-state index contributed by atoms with van der Waals surface area (Å²) in [6.45, 7) is 2.93. The minimum Gasteiger partial charge on any atom is -0.447 e. The maximum atomic E-state index is 12.2. The van der Waals surface area contributed by atoms with E-state index in [2.05, 4.69) is 0 Å². The van der Waals surface area contributed by atoms with Crippen molar-refractivity contribution in [3.05, 3.63) is 17.9 Å². The molecule has 1 aromatic heterocycles. The van der Waals surface area contributed by atoms with Gasteiger partial charge in [-0.3, -0.25) is 4.21 Å². The average molecular weight is 291 g/mol.